The van der Waals surface area contributed by atoms with Gasteiger partial charge in [0.2, 0.25) is 5.88 Å². The smallest absolute Gasteiger partial charge is 0.228 e. The highest BCUT2D eigenvalue weighted by molar-refractivity contribution is 9.10. The van der Waals surface area contributed by atoms with Crippen LogP contribution < -0.4 is 4.74 Å². The van der Waals surface area contributed by atoms with Crippen LogP contribution in [0.25, 0.3) is 0 Å². The Morgan fingerprint density at radius 1 is 1.35 bits per heavy atom. The molecule has 0 aliphatic carbocycles. The van der Waals surface area contributed by atoms with Gasteiger partial charge in [-0.25, -0.2) is 4.98 Å². The Balaban J connectivity index is 2.39. The fourth-order valence-electron chi connectivity index (χ4n) is 1.71. The van der Waals surface area contributed by atoms with Crippen molar-refractivity contribution in [1.29, 1.82) is 0 Å². The van der Waals surface area contributed by atoms with E-state index in [-0.39, 0.29) is 6.10 Å². The molecule has 3 heteroatoms. The Bertz CT molecular complexity index is 341. The van der Waals surface area contributed by atoms with Crippen LogP contribution in [0.2, 0.25) is 0 Å². The number of unbranched alkanes of at least 4 members (excludes halogenated alkanes) is 3. The number of ether oxygens (including phenoxy) is 1. The highest BCUT2D eigenvalue weighted by Gasteiger charge is 2.09. The Labute approximate surface area is 113 Å². The van der Waals surface area contributed by atoms with Crippen LogP contribution in [-0.2, 0) is 0 Å². The van der Waals surface area contributed by atoms with E-state index >= 15 is 0 Å². The first-order valence-corrected chi connectivity index (χ1v) is 7.22. The molecule has 1 unspecified atom stereocenters. The van der Waals surface area contributed by atoms with Crippen molar-refractivity contribution < 1.29 is 4.74 Å². The maximum absolute atomic E-state index is 5.85. The van der Waals surface area contributed by atoms with Crippen molar-refractivity contribution in [3.8, 4) is 5.88 Å². The molecule has 0 saturated heterocycles. The van der Waals surface area contributed by atoms with Crippen molar-refractivity contribution >= 4 is 15.9 Å². The molecule has 1 aromatic rings. The first kappa shape index (κ1) is 14.5. The number of pyridine rings is 1. The molecule has 0 N–H and O–H groups in total. The van der Waals surface area contributed by atoms with Crippen LogP contribution in [0.3, 0.4) is 0 Å². The number of aryl methyl sites for hydroxylation is 1. The molecule has 17 heavy (non-hydrogen) atoms. The second kappa shape index (κ2) is 7.70. The van der Waals surface area contributed by atoms with Gasteiger partial charge in [0.1, 0.15) is 0 Å². The highest BCUT2D eigenvalue weighted by Crippen LogP contribution is 2.26. The van der Waals surface area contributed by atoms with Gasteiger partial charge in [-0.3, -0.25) is 0 Å². The molecule has 2 nitrogen and oxygen atoms in total. The van der Waals surface area contributed by atoms with Gasteiger partial charge in [0.05, 0.1) is 10.6 Å². The van der Waals surface area contributed by atoms with E-state index in [0.29, 0.717) is 5.88 Å². The summed E-state index contributed by atoms with van der Waals surface area (Å²) in [7, 11) is 0. The third kappa shape index (κ3) is 5.07. The first-order valence-electron chi connectivity index (χ1n) is 6.43. The third-order valence-electron chi connectivity index (χ3n) is 2.83. The van der Waals surface area contributed by atoms with E-state index in [9.17, 15) is 0 Å². The summed E-state index contributed by atoms with van der Waals surface area (Å²) in [5.74, 6) is 0.716. The second-order valence-electron chi connectivity index (χ2n) is 4.52. The van der Waals surface area contributed by atoms with Gasteiger partial charge in [-0.15, -0.1) is 0 Å². The number of nitrogens with zero attached hydrogens (tertiary/aromatic N) is 1. The molecule has 0 aromatic carbocycles. The SMILES string of the molecule is CCCCCCC(C)Oc1nccc(C)c1Br. The van der Waals surface area contributed by atoms with Gasteiger partial charge >= 0.3 is 0 Å². The third-order valence-corrected chi connectivity index (χ3v) is 3.79. The summed E-state index contributed by atoms with van der Waals surface area (Å²) < 4.78 is 6.82. The van der Waals surface area contributed by atoms with Gasteiger partial charge in [-0.1, -0.05) is 26.2 Å². The molecule has 0 saturated carbocycles. The largest absolute Gasteiger partial charge is 0.474 e. The molecule has 0 bridgehead atoms. The van der Waals surface area contributed by atoms with Crippen molar-refractivity contribution in [1.82, 2.24) is 4.98 Å². The molecule has 0 radical (unpaired) electrons. The van der Waals surface area contributed by atoms with Gasteiger partial charge < -0.3 is 4.74 Å². The predicted molar refractivity (Wildman–Crippen MR) is 75.5 cm³/mol. The van der Waals surface area contributed by atoms with E-state index in [4.69, 9.17) is 4.74 Å². The molecule has 1 atom stereocenters. The summed E-state index contributed by atoms with van der Waals surface area (Å²) in [6, 6.07) is 1.98. The average molecular weight is 300 g/mol. The minimum Gasteiger partial charge on any atom is -0.474 e. The maximum Gasteiger partial charge on any atom is 0.228 e. The summed E-state index contributed by atoms with van der Waals surface area (Å²) in [6.07, 6.45) is 8.25. The van der Waals surface area contributed by atoms with Crippen molar-refractivity contribution in [3.63, 3.8) is 0 Å². The van der Waals surface area contributed by atoms with Gasteiger partial charge in [-0.05, 0) is 54.2 Å². The number of hydrogen-bond acceptors (Lipinski definition) is 2. The molecule has 0 fully saturated rings. The zero-order valence-corrected chi connectivity index (χ0v) is 12.6. The lowest BCUT2D eigenvalue weighted by atomic mass is 10.1. The van der Waals surface area contributed by atoms with Crippen molar-refractivity contribution in [2.24, 2.45) is 0 Å². The van der Waals surface area contributed by atoms with Crippen LogP contribution in [0.4, 0.5) is 0 Å². The standard InChI is InChI=1S/C14H22BrNO/c1-4-5-6-7-8-12(3)17-14-13(15)11(2)9-10-16-14/h9-10,12H,4-8H2,1-3H3. The Hall–Kier alpha value is -0.570. The van der Waals surface area contributed by atoms with Crippen LogP contribution in [0.5, 0.6) is 5.88 Å². The zero-order chi connectivity index (χ0) is 12.7. The summed E-state index contributed by atoms with van der Waals surface area (Å²) in [5, 5.41) is 0. The molecule has 1 rings (SSSR count). The minimum absolute atomic E-state index is 0.234. The summed E-state index contributed by atoms with van der Waals surface area (Å²) in [5.41, 5.74) is 1.16. The van der Waals surface area contributed by atoms with E-state index in [1.807, 2.05) is 13.0 Å². The Morgan fingerprint density at radius 3 is 2.82 bits per heavy atom. The van der Waals surface area contributed by atoms with Crippen LogP contribution in [-0.4, -0.2) is 11.1 Å². The predicted octanol–water partition coefficient (Wildman–Crippen LogP) is 4.89. The highest BCUT2D eigenvalue weighted by atomic mass is 79.9. The summed E-state index contributed by atoms with van der Waals surface area (Å²) in [4.78, 5) is 4.25. The van der Waals surface area contributed by atoms with Crippen molar-refractivity contribution in [2.45, 2.75) is 59.0 Å². The second-order valence-corrected chi connectivity index (χ2v) is 5.32. The van der Waals surface area contributed by atoms with Crippen LogP contribution in [0, 0.1) is 6.92 Å². The monoisotopic (exact) mass is 299 g/mol. The van der Waals surface area contributed by atoms with E-state index in [2.05, 4.69) is 34.8 Å². The normalized spacial score (nSPS) is 12.5. The fraction of sp³-hybridized carbons (Fsp3) is 0.643. The fourth-order valence-corrected chi connectivity index (χ4v) is 2.03. The van der Waals surface area contributed by atoms with Crippen LogP contribution in [0.15, 0.2) is 16.7 Å². The van der Waals surface area contributed by atoms with Gasteiger partial charge in [0.15, 0.2) is 0 Å². The zero-order valence-electron chi connectivity index (χ0n) is 11.0. The summed E-state index contributed by atoms with van der Waals surface area (Å²) >= 11 is 3.51. The molecular formula is C14H22BrNO. The molecular weight excluding hydrogens is 278 g/mol. The number of hydrogen-bond donors (Lipinski definition) is 0. The topological polar surface area (TPSA) is 22.1 Å². The van der Waals surface area contributed by atoms with E-state index in [0.717, 1.165) is 16.5 Å². The lowest BCUT2D eigenvalue weighted by Crippen LogP contribution is -2.13. The lowest BCUT2D eigenvalue weighted by Gasteiger charge is -2.15. The average Bonchev–Trinajstić information content (AvgIpc) is 2.31. The molecule has 0 aliphatic heterocycles. The quantitative estimate of drug-likeness (QED) is 0.669. The summed E-state index contributed by atoms with van der Waals surface area (Å²) in [6.45, 7) is 6.39. The number of rotatable bonds is 7. The van der Waals surface area contributed by atoms with Gasteiger partial charge in [0.25, 0.3) is 0 Å². The maximum atomic E-state index is 5.85. The van der Waals surface area contributed by atoms with E-state index < -0.39 is 0 Å². The molecule has 0 aliphatic rings. The Kier molecular flexibility index (Phi) is 6.56. The molecule has 96 valence electrons. The molecule has 1 aromatic heterocycles. The molecule has 1 heterocycles. The van der Waals surface area contributed by atoms with Crippen molar-refractivity contribution in [2.75, 3.05) is 0 Å². The molecule has 0 amide bonds. The first-order chi connectivity index (χ1) is 8.15. The van der Waals surface area contributed by atoms with E-state index in [1.54, 1.807) is 6.20 Å². The number of aromatic nitrogens is 1. The van der Waals surface area contributed by atoms with Gasteiger partial charge in [0, 0.05) is 6.20 Å². The van der Waals surface area contributed by atoms with Crippen LogP contribution in [0.1, 0.15) is 51.5 Å². The Morgan fingerprint density at radius 2 is 2.12 bits per heavy atom. The van der Waals surface area contributed by atoms with E-state index in [1.165, 1.54) is 25.7 Å². The lowest BCUT2D eigenvalue weighted by molar-refractivity contribution is 0.196. The molecule has 0 spiro atoms. The van der Waals surface area contributed by atoms with Gasteiger partial charge in [-0.2, -0.15) is 0 Å². The minimum atomic E-state index is 0.234. The van der Waals surface area contributed by atoms with Crippen molar-refractivity contribution in [3.05, 3.63) is 22.3 Å². The van der Waals surface area contributed by atoms with Crippen LogP contribution >= 0.6 is 15.9 Å². The number of halogens is 1.